The van der Waals surface area contributed by atoms with Crippen molar-refractivity contribution in [1.29, 1.82) is 0 Å². The highest BCUT2D eigenvalue weighted by Crippen LogP contribution is 2.30. The Morgan fingerprint density at radius 1 is 1.06 bits per heavy atom. The minimum atomic E-state index is -0.446. The van der Waals surface area contributed by atoms with E-state index < -0.39 is 5.63 Å². The second-order valence-corrected chi connectivity index (χ2v) is 3.95. The second-order valence-electron chi connectivity index (χ2n) is 3.95. The first-order valence-electron chi connectivity index (χ1n) is 5.03. The summed E-state index contributed by atoms with van der Waals surface area (Å²) in [6.45, 7) is 6.98. The topological polar surface area (TPSA) is 63.3 Å². The number of aromatic nitrogens is 1. The third-order valence-corrected chi connectivity index (χ3v) is 2.88. The Bertz CT molecular complexity index is 633. The van der Waals surface area contributed by atoms with Crippen LogP contribution in [0.15, 0.2) is 9.21 Å². The van der Waals surface area contributed by atoms with Gasteiger partial charge in [0.25, 0.3) is 0 Å². The van der Waals surface area contributed by atoms with Gasteiger partial charge in [0.1, 0.15) is 11.5 Å². The van der Waals surface area contributed by atoms with Crippen LogP contribution in [0.5, 0.6) is 5.75 Å². The van der Waals surface area contributed by atoms with E-state index in [-0.39, 0.29) is 5.75 Å². The van der Waals surface area contributed by atoms with Crippen LogP contribution in [0.1, 0.15) is 22.7 Å². The zero-order valence-electron chi connectivity index (χ0n) is 9.71. The van der Waals surface area contributed by atoms with Crippen molar-refractivity contribution >= 4 is 10.8 Å². The highest BCUT2D eigenvalue weighted by atomic mass is 16.4. The van der Waals surface area contributed by atoms with Gasteiger partial charge in [-0.25, -0.2) is 4.79 Å². The van der Waals surface area contributed by atoms with Gasteiger partial charge in [0.2, 0.25) is 0 Å². The zero-order valence-corrected chi connectivity index (χ0v) is 9.71. The number of hydrogen-bond donors (Lipinski definition) is 1. The molecule has 0 radical (unpaired) electrons. The summed E-state index contributed by atoms with van der Waals surface area (Å²) in [4.78, 5) is 15.8. The Morgan fingerprint density at radius 3 is 2.31 bits per heavy atom. The van der Waals surface area contributed by atoms with Crippen LogP contribution in [0.2, 0.25) is 0 Å². The van der Waals surface area contributed by atoms with Gasteiger partial charge < -0.3 is 9.52 Å². The van der Waals surface area contributed by atoms with Crippen LogP contribution in [0, 0.1) is 27.7 Å². The summed E-state index contributed by atoms with van der Waals surface area (Å²) in [5.41, 5.74) is 1.44. The molecule has 0 bridgehead atoms. The lowest BCUT2D eigenvalue weighted by atomic mass is 10.0. The number of rotatable bonds is 0. The van der Waals surface area contributed by atoms with Crippen LogP contribution in [0.25, 0.3) is 10.8 Å². The summed E-state index contributed by atoms with van der Waals surface area (Å²) in [6.07, 6.45) is 0. The minimum absolute atomic E-state index is 0.0640. The van der Waals surface area contributed by atoms with E-state index in [1.165, 1.54) is 0 Å². The smallest absolute Gasteiger partial charge is 0.345 e. The molecule has 0 amide bonds. The maximum absolute atomic E-state index is 11.7. The third-order valence-electron chi connectivity index (χ3n) is 2.88. The lowest BCUT2D eigenvalue weighted by Gasteiger charge is -2.09. The molecule has 2 rings (SSSR count). The van der Waals surface area contributed by atoms with E-state index in [1.54, 1.807) is 20.8 Å². The Morgan fingerprint density at radius 2 is 1.69 bits per heavy atom. The average Bonchev–Trinajstić information content (AvgIpc) is 2.20. The highest BCUT2D eigenvalue weighted by molar-refractivity contribution is 5.92. The molecule has 0 saturated heterocycles. The maximum Gasteiger partial charge on any atom is 0.345 e. The van der Waals surface area contributed by atoms with Gasteiger partial charge in [-0.3, -0.25) is 4.98 Å². The Hall–Kier alpha value is -1.84. The van der Waals surface area contributed by atoms with Crippen molar-refractivity contribution < 1.29 is 9.52 Å². The largest absolute Gasteiger partial charge is 0.505 e. The predicted octanol–water partition coefficient (Wildman–Crippen LogP) is 2.13. The standard InChI is InChI=1S/C12H13NO3/c1-5-8(4)16-12(15)10-6(2)13-7(3)11(14)9(5)10/h14H,1-4H3. The fourth-order valence-electron chi connectivity index (χ4n) is 1.90. The van der Waals surface area contributed by atoms with Crippen LogP contribution >= 0.6 is 0 Å². The number of nitrogens with zero attached hydrogens (tertiary/aromatic N) is 1. The van der Waals surface area contributed by atoms with Gasteiger partial charge in [-0.15, -0.1) is 0 Å². The molecule has 1 N–H and O–H groups in total. The number of pyridine rings is 1. The van der Waals surface area contributed by atoms with Crippen molar-refractivity contribution in [3.63, 3.8) is 0 Å². The second kappa shape index (κ2) is 3.33. The van der Waals surface area contributed by atoms with Crippen LogP contribution in [-0.2, 0) is 0 Å². The van der Waals surface area contributed by atoms with E-state index in [2.05, 4.69) is 4.98 Å². The van der Waals surface area contributed by atoms with Gasteiger partial charge in [-0.05, 0) is 33.3 Å². The van der Waals surface area contributed by atoms with E-state index in [9.17, 15) is 9.90 Å². The van der Waals surface area contributed by atoms with E-state index in [4.69, 9.17) is 4.42 Å². The molecule has 0 spiro atoms. The average molecular weight is 219 g/mol. The summed E-state index contributed by atoms with van der Waals surface area (Å²) in [7, 11) is 0. The van der Waals surface area contributed by atoms with Crippen molar-refractivity contribution in [2.45, 2.75) is 27.7 Å². The third kappa shape index (κ3) is 1.30. The summed E-state index contributed by atoms with van der Waals surface area (Å²) >= 11 is 0. The molecule has 2 aromatic heterocycles. The highest BCUT2D eigenvalue weighted by Gasteiger charge is 2.16. The number of hydrogen-bond acceptors (Lipinski definition) is 4. The lowest BCUT2D eigenvalue weighted by molar-refractivity contribution is 0.465. The summed E-state index contributed by atoms with van der Waals surface area (Å²) in [6, 6.07) is 0. The molecule has 0 saturated carbocycles. The molecular formula is C12H13NO3. The van der Waals surface area contributed by atoms with Crippen LogP contribution in [-0.4, -0.2) is 10.1 Å². The van der Waals surface area contributed by atoms with Gasteiger partial charge in [-0.2, -0.15) is 0 Å². The van der Waals surface area contributed by atoms with Gasteiger partial charge in [-0.1, -0.05) is 0 Å². The number of aromatic hydroxyl groups is 1. The molecule has 0 aliphatic rings. The molecular weight excluding hydrogens is 206 g/mol. The molecule has 0 aliphatic carbocycles. The normalized spacial score (nSPS) is 11.0. The van der Waals surface area contributed by atoms with E-state index in [0.29, 0.717) is 27.9 Å². The fourth-order valence-corrected chi connectivity index (χ4v) is 1.90. The summed E-state index contributed by atoms with van der Waals surface area (Å²) < 4.78 is 5.09. The Balaban J connectivity index is 3.18. The van der Waals surface area contributed by atoms with Crippen molar-refractivity contribution in [3.8, 4) is 5.75 Å². The van der Waals surface area contributed by atoms with Crippen molar-refractivity contribution in [1.82, 2.24) is 4.98 Å². The van der Waals surface area contributed by atoms with Crippen molar-refractivity contribution in [2.75, 3.05) is 0 Å². The van der Waals surface area contributed by atoms with Gasteiger partial charge in [0.15, 0.2) is 0 Å². The monoisotopic (exact) mass is 219 g/mol. The molecule has 16 heavy (non-hydrogen) atoms. The molecule has 2 heterocycles. The SMILES string of the molecule is Cc1nc(C)c2c(=O)oc(C)c(C)c2c1O. The van der Waals surface area contributed by atoms with Crippen molar-refractivity contribution in [3.05, 3.63) is 33.1 Å². The first-order valence-corrected chi connectivity index (χ1v) is 5.03. The van der Waals surface area contributed by atoms with E-state index in [0.717, 1.165) is 5.56 Å². The Labute approximate surface area is 92.6 Å². The lowest BCUT2D eigenvalue weighted by Crippen LogP contribution is -2.07. The molecule has 0 aromatic carbocycles. The number of aryl methyl sites for hydroxylation is 4. The predicted molar refractivity (Wildman–Crippen MR) is 60.9 cm³/mol. The van der Waals surface area contributed by atoms with E-state index >= 15 is 0 Å². The summed E-state index contributed by atoms with van der Waals surface area (Å²) in [5, 5.41) is 10.9. The fraction of sp³-hybridized carbons (Fsp3) is 0.333. The zero-order chi connectivity index (χ0) is 12.0. The van der Waals surface area contributed by atoms with Crippen LogP contribution in [0.4, 0.5) is 0 Å². The molecule has 0 unspecified atom stereocenters. The van der Waals surface area contributed by atoms with Crippen LogP contribution in [0.3, 0.4) is 0 Å². The maximum atomic E-state index is 11.7. The number of fused-ring (bicyclic) bond motifs is 1. The van der Waals surface area contributed by atoms with Crippen LogP contribution < -0.4 is 5.63 Å². The first kappa shape index (κ1) is 10.7. The Kier molecular flexibility index (Phi) is 2.22. The molecule has 0 aliphatic heterocycles. The van der Waals surface area contributed by atoms with Gasteiger partial charge >= 0.3 is 5.63 Å². The molecule has 84 valence electrons. The molecule has 4 nitrogen and oxygen atoms in total. The van der Waals surface area contributed by atoms with Gasteiger partial charge in [0, 0.05) is 5.39 Å². The first-order chi connectivity index (χ1) is 7.43. The van der Waals surface area contributed by atoms with Gasteiger partial charge in [0.05, 0.1) is 16.8 Å². The van der Waals surface area contributed by atoms with E-state index in [1.807, 2.05) is 6.92 Å². The summed E-state index contributed by atoms with van der Waals surface area (Å²) in [5.74, 6) is 0.590. The molecule has 4 heteroatoms. The molecule has 0 atom stereocenters. The molecule has 0 fully saturated rings. The quantitative estimate of drug-likeness (QED) is 0.737. The van der Waals surface area contributed by atoms with Crippen molar-refractivity contribution in [2.24, 2.45) is 0 Å². The minimum Gasteiger partial charge on any atom is -0.505 e. The molecule has 2 aromatic rings.